The molecule has 1 atom stereocenters. The third-order valence-corrected chi connectivity index (χ3v) is 10.6. The molecule has 1 N–H and O–H groups in total. The predicted molar refractivity (Wildman–Crippen MR) is 151 cm³/mol. The predicted octanol–water partition coefficient (Wildman–Crippen LogP) is 5.36. The number of rotatable bonds is 10. The maximum Gasteiger partial charge on any atom is 0.259 e. The van der Waals surface area contributed by atoms with Crippen molar-refractivity contribution in [3.05, 3.63) is 65.9 Å². The van der Waals surface area contributed by atoms with E-state index in [-0.39, 0.29) is 28.1 Å². The molecule has 11 heteroatoms. The van der Waals surface area contributed by atoms with Crippen molar-refractivity contribution >= 4 is 38.1 Å². The van der Waals surface area contributed by atoms with Gasteiger partial charge in [0.15, 0.2) is 21.1 Å². The number of amides is 2. The van der Waals surface area contributed by atoms with E-state index in [2.05, 4.69) is 10.3 Å². The molecule has 0 bridgehead atoms. The molecule has 2 aromatic carbocycles. The molecule has 6 rings (SSSR count). The Morgan fingerprint density at radius 3 is 2.27 bits per heavy atom. The number of nitrogens with zero attached hydrogens (tertiary/aromatic N) is 2. The van der Waals surface area contributed by atoms with Gasteiger partial charge in [-0.25, -0.2) is 13.4 Å². The summed E-state index contributed by atoms with van der Waals surface area (Å²) in [6, 6.07) is 13.4. The summed E-state index contributed by atoms with van der Waals surface area (Å²) in [5.41, 5.74) is 1.22. The zero-order valence-corrected chi connectivity index (χ0v) is 23.6. The van der Waals surface area contributed by atoms with Gasteiger partial charge in [-0.2, -0.15) is 0 Å². The highest BCUT2D eigenvalue weighted by Gasteiger charge is 2.37. The molecule has 0 spiro atoms. The zero-order chi connectivity index (χ0) is 27.7. The molecule has 40 heavy (non-hydrogen) atoms. The highest BCUT2D eigenvalue weighted by molar-refractivity contribution is 7.92. The molecule has 1 unspecified atom stereocenters. The van der Waals surface area contributed by atoms with Crippen molar-refractivity contribution in [2.24, 2.45) is 0 Å². The van der Waals surface area contributed by atoms with Gasteiger partial charge in [0, 0.05) is 18.7 Å². The van der Waals surface area contributed by atoms with Crippen molar-refractivity contribution < 1.29 is 27.5 Å². The minimum absolute atomic E-state index is 0.0224. The molecule has 2 amide bonds. The van der Waals surface area contributed by atoms with E-state index in [1.54, 1.807) is 48.5 Å². The van der Waals surface area contributed by atoms with E-state index in [9.17, 15) is 18.0 Å². The highest BCUT2D eigenvalue weighted by atomic mass is 32.2. The zero-order valence-electron chi connectivity index (χ0n) is 22.0. The first-order chi connectivity index (χ1) is 19.4. The Balaban J connectivity index is 1.12. The average molecular weight is 582 g/mol. The number of likely N-dealkylation sites (tertiary alicyclic amines) is 1. The van der Waals surface area contributed by atoms with E-state index in [0.29, 0.717) is 39.9 Å². The third-order valence-electron chi connectivity index (χ3n) is 7.52. The lowest BCUT2D eigenvalue weighted by molar-refractivity contribution is -0.131. The van der Waals surface area contributed by atoms with Gasteiger partial charge in [-0.1, -0.05) is 36.3 Å². The van der Waals surface area contributed by atoms with Crippen LogP contribution in [0.1, 0.15) is 67.0 Å². The van der Waals surface area contributed by atoms with Crippen LogP contribution in [0.2, 0.25) is 0 Å². The van der Waals surface area contributed by atoms with Gasteiger partial charge in [0.1, 0.15) is 5.75 Å². The summed E-state index contributed by atoms with van der Waals surface area (Å²) in [5.74, 6) is 0.207. The van der Waals surface area contributed by atoms with Gasteiger partial charge >= 0.3 is 0 Å². The van der Waals surface area contributed by atoms with Gasteiger partial charge < -0.3 is 14.4 Å². The van der Waals surface area contributed by atoms with Crippen molar-refractivity contribution in [1.29, 1.82) is 0 Å². The van der Waals surface area contributed by atoms with Crippen molar-refractivity contribution in [1.82, 2.24) is 9.88 Å². The maximum atomic E-state index is 13.4. The van der Waals surface area contributed by atoms with Gasteiger partial charge in [0.05, 0.1) is 22.4 Å². The van der Waals surface area contributed by atoms with Gasteiger partial charge in [-0.3, -0.25) is 14.9 Å². The Hall–Kier alpha value is -3.28. The first-order valence-electron chi connectivity index (χ1n) is 13.7. The minimum Gasteiger partial charge on any atom is -0.445 e. The average Bonchev–Trinajstić information content (AvgIpc) is 3.51. The molecule has 0 radical (unpaired) electrons. The summed E-state index contributed by atoms with van der Waals surface area (Å²) in [6.45, 7) is 1.60. The Morgan fingerprint density at radius 1 is 0.950 bits per heavy atom. The van der Waals surface area contributed by atoms with Gasteiger partial charge in [-0.15, -0.1) is 0 Å². The molecule has 3 aliphatic rings. The quantitative estimate of drug-likeness (QED) is 0.343. The largest absolute Gasteiger partial charge is 0.445 e. The fraction of sp³-hybridized carbons (Fsp3) is 0.414. The van der Waals surface area contributed by atoms with Crippen LogP contribution in [-0.2, 0) is 19.4 Å². The van der Waals surface area contributed by atoms with Crippen LogP contribution in [0.25, 0.3) is 0 Å². The molecule has 2 saturated carbocycles. The van der Waals surface area contributed by atoms with E-state index in [0.717, 1.165) is 45.2 Å². The van der Waals surface area contributed by atoms with Crippen LogP contribution >= 0.6 is 11.3 Å². The number of carbonyl (C=O) groups excluding carboxylic acids is 2. The fourth-order valence-corrected chi connectivity index (χ4v) is 7.28. The van der Waals surface area contributed by atoms with E-state index >= 15 is 0 Å². The van der Waals surface area contributed by atoms with E-state index in [1.807, 2.05) is 4.90 Å². The van der Waals surface area contributed by atoms with Crippen LogP contribution in [0.5, 0.6) is 10.8 Å². The molecule has 1 aliphatic heterocycles. The Kier molecular flexibility index (Phi) is 7.61. The van der Waals surface area contributed by atoms with Gasteiger partial charge in [-0.05, 0) is 74.1 Å². The molecule has 2 heterocycles. The number of carbonyl (C=O) groups is 2. The topological polar surface area (TPSA) is 115 Å². The van der Waals surface area contributed by atoms with Crippen molar-refractivity contribution in [3.63, 3.8) is 0 Å². The highest BCUT2D eigenvalue weighted by Crippen LogP contribution is 2.36. The van der Waals surface area contributed by atoms with Crippen molar-refractivity contribution in [2.45, 2.75) is 67.3 Å². The van der Waals surface area contributed by atoms with E-state index in [1.165, 1.54) is 17.5 Å². The van der Waals surface area contributed by atoms with Crippen molar-refractivity contribution in [2.75, 3.05) is 18.4 Å². The van der Waals surface area contributed by atoms with E-state index in [4.69, 9.17) is 9.47 Å². The lowest BCUT2D eigenvalue weighted by Gasteiger charge is -2.30. The second-order valence-electron chi connectivity index (χ2n) is 10.5. The van der Waals surface area contributed by atoms with Crippen LogP contribution in [0.4, 0.5) is 5.13 Å². The van der Waals surface area contributed by atoms with Gasteiger partial charge in [0.2, 0.25) is 5.06 Å². The van der Waals surface area contributed by atoms with E-state index < -0.39 is 15.9 Å². The molecular formula is C29H31N3O6S2. The van der Waals surface area contributed by atoms with Crippen molar-refractivity contribution in [3.8, 4) is 10.8 Å². The first kappa shape index (κ1) is 26.9. The Morgan fingerprint density at radius 2 is 1.65 bits per heavy atom. The van der Waals surface area contributed by atoms with Crippen LogP contribution in [-0.4, -0.2) is 54.6 Å². The number of ether oxygens (including phenoxy) is 2. The molecule has 1 saturated heterocycles. The summed E-state index contributed by atoms with van der Waals surface area (Å²) >= 11 is 1.18. The molecule has 1 aromatic heterocycles. The number of benzene rings is 2. The van der Waals surface area contributed by atoms with Crippen LogP contribution in [0.15, 0.2) is 59.6 Å². The second kappa shape index (κ2) is 11.3. The van der Waals surface area contributed by atoms with Crippen LogP contribution in [0, 0.1) is 0 Å². The molecule has 3 aromatic rings. The number of aromatic nitrogens is 1. The Labute approximate surface area is 237 Å². The summed E-state index contributed by atoms with van der Waals surface area (Å²) in [7, 11) is -3.31. The number of thiazole rings is 1. The monoisotopic (exact) mass is 581 g/mol. The summed E-state index contributed by atoms with van der Waals surface area (Å²) in [6.07, 6.45) is 6.92. The lowest BCUT2D eigenvalue weighted by Crippen LogP contribution is -2.41. The Bertz CT molecular complexity index is 1470. The smallest absolute Gasteiger partial charge is 0.259 e. The molecule has 9 nitrogen and oxygen atoms in total. The number of hydrogen-bond donors (Lipinski definition) is 1. The summed E-state index contributed by atoms with van der Waals surface area (Å²) < 4.78 is 37.3. The number of hydrogen-bond acceptors (Lipinski definition) is 8. The maximum absolute atomic E-state index is 13.4. The summed E-state index contributed by atoms with van der Waals surface area (Å²) in [4.78, 5) is 32.1. The molecular weight excluding hydrogens is 550 g/mol. The van der Waals surface area contributed by atoms with Gasteiger partial charge in [0.25, 0.3) is 11.8 Å². The van der Waals surface area contributed by atoms with Crippen LogP contribution in [0.3, 0.4) is 0 Å². The summed E-state index contributed by atoms with van der Waals surface area (Å²) in [5, 5.41) is 3.39. The standard InChI is InChI=1S/C29H31N3O6S2/c33-27(26(38-21-4-1-2-5-21)19-8-12-23(13-9-19)40(35,36)24-14-15-24)31-29-30-18-25(39-29)37-22-10-6-20(7-11-22)28(34)32-16-3-17-32/h6-13,18,21,24,26H,1-5,14-17H2,(H,30,31,33). The van der Waals surface area contributed by atoms with Crippen LogP contribution < -0.4 is 10.1 Å². The lowest BCUT2D eigenvalue weighted by atomic mass is 10.1. The SMILES string of the molecule is O=C(Nc1ncc(Oc2ccc(C(=O)N3CCC3)cc2)s1)C(OC1CCCC1)c1ccc(S(=O)(=O)C2CC2)cc1. The normalized spacial score (nSPS) is 18.2. The fourth-order valence-electron chi connectivity index (χ4n) is 4.93. The number of anilines is 1. The molecule has 210 valence electrons. The first-order valence-corrected chi connectivity index (χ1v) is 16.1. The third kappa shape index (κ3) is 5.91. The number of nitrogens with one attached hydrogen (secondary N) is 1. The minimum atomic E-state index is -3.31. The molecule has 2 aliphatic carbocycles. The second-order valence-corrected chi connectivity index (χ2v) is 13.7. The molecule has 3 fully saturated rings. The number of sulfone groups is 1.